The number of rotatable bonds is 13. The van der Waals surface area contributed by atoms with Crippen molar-refractivity contribution in [1.82, 2.24) is 15.1 Å². The number of amides is 1. The number of aryl methyl sites for hydroxylation is 1. The van der Waals surface area contributed by atoms with E-state index in [9.17, 15) is 4.79 Å². The van der Waals surface area contributed by atoms with E-state index in [1.54, 1.807) is 17.0 Å². The Kier molecular flexibility index (Phi) is 10.9. The first-order valence-electron chi connectivity index (χ1n) is 8.74. The predicted octanol–water partition coefficient (Wildman–Crippen LogP) is 3.32. The van der Waals surface area contributed by atoms with E-state index in [0.29, 0.717) is 13.2 Å². The van der Waals surface area contributed by atoms with Gasteiger partial charge in [-0.2, -0.15) is 5.10 Å². The second-order valence-electron chi connectivity index (χ2n) is 5.81. The molecule has 23 heavy (non-hydrogen) atoms. The van der Waals surface area contributed by atoms with Crippen molar-refractivity contribution in [2.24, 2.45) is 7.05 Å². The SMILES string of the molecule is CCCCCCCCOCCCNC(=O)/C=C/c1cnn(C)c1. The Morgan fingerprint density at radius 2 is 1.96 bits per heavy atom. The number of carbonyl (C=O) groups is 1. The van der Waals surface area contributed by atoms with Gasteiger partial charge in [-0.25, -0.2) is 0 Å². The van der Waals surface area contributed by atoms with Gasteiger partial charge in [0.1, 0.15) is 0 Å². The third kappa shape index (κ3) is 10.7. The minimum absolute atomic E-state index is 0.0789. The Morgan fingerprint density at radius 3 is 2.70 bits per heavy atom. The third-order valence-electron chi connectivity index (χ3n) is 3.56. The predicted molar refractivity (Wildman–Crippen MR) is 94.1 cm³/mol. The van der Waals surface area contributed by atoms with Crippen LogP contribution in [0.15, 0.2) is 18.5 Å². The zero-order chi connectivity index (χ0) is 16.8. The maximum Gasteiger partial charge on any atom is 0.244 e. The van der Waals surface area contributed by atoms with Crippen LogP contribution in [-0.4, -0.2) is 35.4 Å². The molecular weight excluding hydrogens is 290 g/mol. The van der Waals surface area contributed by atoms with Crippen LogP contribution in [0.5, 0.6) is 0 Å². The fraction of sp³-hybridized carbons (Fsp3) is 0.667. The van der Waals surface area contributed by atoms with Crippen LogP contribution in [0.3, 0.4) is 0 Å². The summed E-state index contributed by atoms with van der Waals surface area (Å²) in [5, 5.41) is 6.90. The van der Waals surface area contributed by atoms with Crippen molar-refractivity contribution < 1.29 is 9.53 Å². The first kappa shape index (κ1) is 19.4. The average molecular weight is 321 g/mol. The lowest BCUT2D eigenvalue weighted by Gasteiger charge is -2.05. The Bertz CT molecular complexity index is 455. The topological polar surface area (TPSA) is 56.1 Å². The molecule has 1 heterocycles. The summed E-state index contributed by atoms with van der Waals surface area (Å²) in [4.78, 5) is 11.6. The Hall–Kier alpha value is -1.62. The summed E-state index contributed by atoms with van der Waals surface area (Å²) >= 11 is 0. The first-order valence-corrected chi connectivity index (χ1v) is 8.74. The van der Waals surface area contributed by atoms with Crippen molar-refractivity contribution in [2.45, 2.75) is 51.9 Å². The Labute approximate surface area is 140 Å². The van der Waals surface area contributed by atoms with E-state index in [1.165, 1.54) is 38.2 Å². The second kappa shape index (κ2) is 12.9. The summed E-state index contributed by atoms with van der Waals surface area (Å²) in [6.45, 7) is 4.42. The molecule has 0 aromatic carbocycles. The Morgan fingerprint density at radius 1 is 1.22 bits per heavy atom. The van der Waals surface area contributed by atoms with Crippen LogP contribution in [0.2, 0.25) is 0 Å². The van der Waals surface area contributed by atoms with E-state index in [-0.39, 0.29) is 5.91 Å². The standard InChI is InChI=1S/C18H31N3O2/c1-3-4-5-6-7-8-13-23-14-9-12-19-18(22)11-10-17-15-20-21(2)16-17/h10-11,15-16H,3-9,12-14H2,1-2H3,(H,19,22)/b11-10+. The van der Waals surface area contributed by atoms with Gasteiger partial charge in [0.05, 0.1) is 6.20 Å². The number of nitrogens with zero attached hydrogens (tertiary/aromatic N) is 2. The summed E-state index contributed by atoms with van der Waals surface area (Å²) < 4.78 is 7.28. The zero-order valence-electron chi connectivity index (χ0n) is 14.6. The summed E-state index contributed by atoms with van der Waals surface area (Å²) in [6.07, 6.45) is 15.4. The molecule has 0 saturated carbocycles. The highest BCUT2D eigenvalue weighted by atomic mass is 16.5. The van der Waals surface area contributed by atoms with Gasteiger partial charge in [0.15, 0.2) is 0 Å². The number of carbonyl (C=O) groups excluding carboxylic acids is 1. The minimum atomic E-state index is -0.0789. The molecule has 5 heteroatoms. The summed E-state index contributed by atoms with van der Waals surface area (Å²) in [7, 11) is 1.85. The first-order chi connectivity index (χ1) is 11.2. The number of nitrogens with one attached hydrogen (secondary N) is 1. The molecule has 0 spiro atoms. The lowest BCUT2D eigenvalue weighted by Crippen LogP contribution is -2.23. The second-order valence-corrected chi connectivity index (χ2v) is 5.81. The van der Waals surface area contributed by atoms with Gasteiger partial charge in [-0.15, -0.1) is 0 Å². The molecule has 0 aliphatic heterocycles. The van der Waals surface area contributed by atoms with E-state index in [2.05, 4.69) is 17.3 Å². The maximum absolute atomic E-state index is 11.6. The molecule has 0 aliphatic rings. The molecule has 1 rings (SSSR count). The van der Waals surface area contributed by atoms with Crippen LogP contribution in [0.1, 0.15) is 57.4 Å². The molecule has 0 fully saturated rings. The molecule has 0 atom stereocenters. The molecule has 1 aromatic heterocycles. The van der Waals surface area contributed by atoms with Gasteiger partial charge < -0.3 is 10.1 Å². The third-order valence-corrected chi connectivity index (χ3v) is 3.56. The quantitative estimate of drug-likeness (QED) is 0.448. The number of hydrogen-bond donors (Lipinski definition) is 1. The van der Waals surface area contributed by atoms with E-state index in [1.807, 2.05) is 13.2 Å². The minimum Gasteiger partial charge on any atom is -0.381 e. The highest BCUT2D eigenvalue weighted by Gasteiger charge is 1.96. The lowest BCUT2D eigenvalue weighted by atomic mass is 10.1. The van der Waals surface area contributed by atoms with Crippen LogP contribution >= 0.6 is 0 Å². The summed E-state index contributed by atoms with van der Waals surface area (Å²) in [6, 6.07) is 0. The maximum atomic E-state index is 11.6. The zero-order valence-corrected chi connectivity index (χ0v) is 14.6. The molecule has 5 nitrogen and oxygen atoms in total. The van der Waals surface area contributed by atoms with Crippen molar-refractivity contribution in [3.63, 3.8) is 0 Å². The van der Waals surface area contributed by atoms with Crippen molar-refractivity contribution in [3.05, 3.63) is 24.0 Å². The fourth-order valence-electron chi connectivity index (χ4n) is 2.23. The summed E-state index contributed by atoms with van der Waals surface area (Å²) in [5.41, 5.74) is 0.921. The van der Waals surface area contributed by atoms with E-state index >= 15 is 0 Å². The molecular formula is C18H31N3O2. The normalized spacial score (nSPS) is 11.2. The van der Waals surface area contributed by atoms with E-state index in [0.717, 1.165) is 25.0 Å². The highest BCUT2D eigenvalue weighted by molar-refractivity contribution is 5.91. The van der Waals surface area contributed by atoms with Crippen LogP contribution in [0.4, 0.5) is 0 Å². The molecule has 1 aromatic rings. The van der Waals surface area contributed by atoms with Crippen molar-refractivity contribution in [1.29, 1.82) is 0 Å². The number of hydrogen-bond acceptors (Lipinski definition) is 3. The van der Waals surface area contributed by atoms with Gasteiger partial charge in [-0.05, 0) is 18.9 Å². The molecule has 0 aliphatic carbocycles. The van der Waals surface area contributed by atoms with Crippen molar-refractivity contribution in [2.75, 3.05) is 19.8 Å². The average Bonchev–Trinajstić information content (AvgIpc) is 2.96. The molecule has 1 amide bonds. The monoisotopic (exact) mass is 321 g/mol. The molecule has 0 unspecified atom stereocenters. The molecule has 0 bridgehead atoms. The van der Waals surface area contributed by atoms with Crippen LogP contribution in [0, 0.1) is 0 Å². The highest BCUT2D eigenvalue weighted by Crippen LogP contribution is 2.04. The van der Waals surface area contributed by atoms with Gasteiger partial charge in [0.25, 0.3) is 0 Å². The lowest BCUT2D eigenvalue weighted by molar-refractivity contribution is -0.116. The number of aromatic nitrogens is 2. The van der Waals surface area contributed by atoms with Crippen LogP contribution in [0.25, 0.3) is 6.08 Å². The van der Waals surface area contributed by atoms with Crippen LogP contribution < -0.4 is 5.32 Å². The molecule has 0 radical (unpaired) electrons. The smallest absolute Gasteiger partial charge is 0.244 e. The number of unbranched alkanes of at least 4 members (excludes halogenated alkanes) is 5. The van der Waals surface area contributed by atoms with Gasteiger partial charge in [-0.1, -0.05) is 39.0 Å². The van der Waals surface area contributed by atoms with E-state index < -0.39 is 0 Å². The van der Waals surface area contributed by atoms with Gasteiger partial charge in [0, 0.05) is 44.6 Å². The summed E-state index contributed by atoms with van der Waals surface area (Å²) in [5.74, 6) is -0.0789. The number of ether oxygens (including phenoxy) is 1. The van der Waals surface area contributed by atoms with Gasteiger partial charge in [-0.3, -0.25) is 9.48 Å². The van der Waals surface area contributed by atoms with Crippen LogP contribution in [-0.2, 0) is 16.6 Å². The molecule has 1 N–H and O–H groups in total. The molecule has 0 saturated heterocycles. The van der Waals surface area contributed by atoms with Gasteiger partial charge in [0.2, 0.25) is 5.91 Å². The van der Waals surface area contributed by atoms with Crippen molar-refractivity contribution in [3.8, 4) is 0 Å². The van der Waals surface area contributed by atoms with E-state index in [4.69, 9.17) is 4.74 Å². The largest absolute Gasteiger partial charge is 0.381 e. The molecule has 130 valence electrons. The van der Waals surface area contributed by atoms with Crippen molar-refractivity contribution >= 4 is 12.0 Å². The fourth-order valence-corrected chi connectivity index (χ4v) is 2.23. The van der Waals surface area contributed by atoms with Gasteiger partial charge >= 0.3 is 0 Å². The Balaban J connectivity index is 1.90.